The zero-order valence-electron chi connectivity index (χ0n) is 10.2. The van der Waals surface area contributed by atoms with Gasteiger partial charge in [0, 0.05) is 6.04 Å². The summed E-state index contributed by atoms with van der Waals surface area (Å²) in [5, 5.41) is 0. The van der Waals surface area contributed by atoms with Crippen LogP contribution in [0.4, 0.5) is 10.1 Å². The van der Waals surface area contributed by atoms with E-state index in [0.29, 0.717) is 0 Å². The van der Waals surface area contributed by atoms with E-state index in [9.17, 15) is 12.8 Å². The second-order valence-electron chi connectivity index (χ2n) is 4.79. The lowest BCUT2D eigenvalue weighted by molar-refractivity contribution is 0.473. The molecular formula is C12H17FN2O2S. The molecule has 1 aromatic carbocycles. The smallest absolute Gasteiger partial charge is 0.245 e. The maximum Gasteiger partial charge on any atom is 0.245 e. The molecule has 1 aromatic rings. The maximum absolute atomic E-state index is 13.6. The van der Waals surface area contributed by atoms with Gasteiger partial charge in [-0.3, -0.25) is 0 Å². The second kappa shape index (κ2) is 4.85. The topological polar surface area (TPSA) is 72.2 Å². The van der Waals surface area contributed by atoms with Gasteiger partial charge in [0.15, 0.2) is 0 Å². The van der Waals surface area contributed by atoms with E-state index in [4.69, 9.17) is 5.73 Å². The summed E-state index contributed by atoms with van der Waals surface area (Å²) in [7, 11) is -3.89. The van der Waals surface area contributed by atoms with Gasteiger partial charge in [-0.05, 0) is 30.9 Å². The minimum Gasteiger partial charge on any atom is -0.398 e. The summed E-state index contributed by atoms with van der Waals surface area (Å²) in [5.41, 5.74) is 5.50. The summed E-state index contributed by atoms with van der Waals surface area (Å²) >= 11 is 0. The normalized spacial score (nSPS) is 24.3. The lowest BCUT2D eigenvalue weighted by atomic mass is 10.1. The van der Waals surface area contributed by atoms with Crippen LogP contribution in [0.25, 0.3) is 0 Å². The van der Waals surface area contributed by atoms with Gasteiger partial charge in [0.25, 0.3) is 0 Å². The molecular weight excluding hydrogens is 255 g/mol. The number of nitrogens with one attached hydrogen (secondary N) is 1. The molecule has 0 bridgehead atoms. The first-order chi connectivity index (χ1) is 8.42. The van der Waals surface area contributed by atoms with Gasteiger partial charge in [-0.15, -0.1) is 0 Å². The number of sulfonamides is 1. The van der Waals surface area contributed by atoms with Crippen LogP contribution in [0.3, 0.4) is 0 Å². The van der Waals surface area contributed by atoms with Crippen LogP contribution in [0.1, 0.15) is 26.2 Å². The molecule has 1 saturated carbocycles. The molecule has 0 radical (unpaired) electrons. The Balaban J connectivity index is 2.31. The third-order valence-electron chi connectivity index (χ3n) is 3.43. The van der Waals surface area contributed by atoms with Crippen molar-refractivity contribution in [2.45, 2.75) is 37.1 Å². The average Bonchev–Trinajstić information content (AvgIpc) is 2.63. The summed E-state index contributed by atoms with van der Waals surface area (Å²) in [4.78, 5) is -0.441. The van der Waals surface area contributed by atoms with Crippen molar-refractivity contribution < 1.29 is 12.8 Å². The highest BCUT2D eigenvalue weighted by Gasteiger charge is 2.30. The highest BCUT2D eigenvalue weighted by Crippen LogP contribution is 2.28. The molecule has 0 heterocycles. The van der Waals surface area contributed by atoms with Crippen LogP contribution in [0.5, 0.6) is 0 Å². The predicted octanol–water partition coefficient (Wildman–Crippen LogP) is 1.87. The van der Waals surface area contributed by atoms with Gasteiger partial charge in [0.1, 0.15) is 10.7 Å². The summed E-state index contributed by atoms with van der Waals surface area (Å²) in [6.45, 7) is 1.99. The Morgan fingerprint density at radius 1 is 1.39 bits per heavy atom. The van der Waals surface area contributed by atoms with E-state index in [1.54, 1.807) is 0 Å². The molecule has 0 aliphatic heterocycles. The van der Waals surface area contributed by atoms with Crippen LogP contribution in [0.15, 0.2) is 23.1 Å². The van der Waals surface area contributed by atoms with Crippen molar-refractivity contribution in [1.82, 2.24) is 4.72 Å². The van der Waals surface area contributed by atoms with Crippen LogP contribution in [-0.4, -0.2) is 14.5 Å². The van der Waals surface area contributed by atoms with Crippen molar-refractivity contribution in [2.75, 3.05) is 5.73 Å². The van der Waals surface area contributed by atoms with Crippen molar-refractivity contribution in [1.29, 1.82) is 0 Å². The molecule has 2 atom stereocenters. The van der Waals surface area contributed by atoms with E-state index >= 15 is 0 Å². The quantitative estimate of drug-likeness (QED) is 0.825. The minimum absolute atomic E-state index is 0.0619. The monoisotopic (exact) mass is 272 g/mol. The van der Waals surface area contributed by atoms with Gasteiger partial charge in [-0.1, -0.05) is 19.4 Å². The van der Waals surface area contributed by atoms with Gasteiger partial charge in [-0.2, -0.15) is 0 Å². The lowest BCUT2D eigenvalue weighted by Crippen LogP contribution is -2.37. The van der Waals surface area contributed by atoms with Gasteiger partial charge in [0.05, 0.1) is 5.69 Å². The van der Waals surface area contributed by atoms with Crippen molar-refractivity contribution in [3.8, 4) is 0 Å². The molecule has 1 aliphatic rings. The summed E-state index contributed by atoms with van der Waals surface area (Å²) in [5.74, 6) is -0.541. The molecule has 0 saturated heterocycles. The van der Waals surface area contributed by atoms with Crippen molar-refractivity contribution in [3.63, 3.8) is 0 Å². The number of hydrogen-bond acceptors (Lipinski definition) is 3. The Bertz CT molecular complexity index is 525. The number of halogens is 1. The minimum atomic E-state index is -3.89. The number of nitrogens with two attached hydrogens (primary N) is 1. The van der Waals surface area contributed by atoms with Crippen LogP contribution < -0.4 is 10.5 Å². The molecule has 3 N–H and O–H groups in total. The van der Waals surface area contributed by atoms with E-state index in [-0.39, 0.29) is 17.6 Å². The Morgan fingerprint density at radius 2 is 2.11 bits per heavy atom. The van der Waals surface area contributed by atoms with Crippen molar-refractivity contribution in [2.24, 2.45) is 5.92 Å². The molecule has 18 heavy (non-hydrogen) atoms. The highest BCUT2D eigenvalue weighted by atomic mass is 32.2. The molecule has 2 rings (SSSR count). The summed E-state index contributed by atoms with van der Waals surface area (Å²) in [6, 6.07) is 3.75. The van der Waals surface area contributed by atoms with Crippen LogP contribution in [0, 0.1) is 11.7 Å². The zero-order chi connectivity index (χ0) is 13.3. The third kappa shape index (κ3) is 2.49. The molecule has 6 heteroatoms. The highest BCUT2D eigenvalue weighted by molar-refractivity contribution is 7.89. The molecule has 1 fully saturated rings. The first kappa shape index (κ1) is 13.3. The number of anilines is 1. The molecule has 4 nitrogen and oxygen atoms in total. The van der Waals surface area contributed by atoms with E-state index in [1.807, 2.05) is 6.92 Å². The van der Waals surface area contributed by atoms with Crippen LogP contribution in [-0.2, 0) is 10.0 Å². The van der Waals surface area contributed by atoms with Gasteiger partial charge >= 0.3 is 0 Å². The number of hydrogen-bond donors (Lipinski definition) is 2. The molecule has 0 amide bonds. The fourth-order valence-electron chi connectivity index (χ4n) is 2.39. The SMILES string of the molecule is CC1CCCC1NS(=O)(=O)c1c(N)cccc1F. The van der Waals surface area contributed by atoms with Crippen molar-refractivity contribution in [3.05, 3.63) is 24.0 Å². The van der Waals surface area contributed by atoms with Crippen LogP contribution in [0.2, 0.25) is 0 Å². The lowest BCUT2D eigenvalue weighted by Gasteiger charge is -2.18. The van der Waals surface area contributed by atoms with Crippen LogP contribution >= 0.6 is 0 Å². The maximum atomic E-state index is 13.6. The predicted molar refractivity (Wildman–Crippen MR) is 67.9 cm³/mol. The zero-order valence-corrected chi connectivity index (χ0v) is 11.0. The summed E-state index contributed by atoms with van der Waals surface area (Å²) < 4.78 is 40.5. The van der Waals surface area contributed by atoms with Gasteiger partial charge in [-0.25, -0.2) is 17.5 Å². The molecule has 100 valence electrons. The molecule has 2 unspecified atom stereocenters. The summed E-state index contributed by atoms with van der Waals surface area (Å²) in [6.07, 6.45) is 2.76. The Kier molecular flexibility index (Phi) is 3.59. The first-order valence-electron chi connectivity index (χ1n) is 5.98. The van der Waals surface area contributed by atoms with E-state index < -0.39 is 20.7 Å². The fourth-order valence-corrected chi connectivity index (χ4v) is 3.96. The number of nitrogen functional groups attached to an aromatic ring is 1. The standard InChI is InChI=1S/C12H17FN2O2S/c1-8-4-2-7-11(8)15-18(16,17)12-9(13)5-3-6-10(12)14/h3,5-6,8,11,15H,2,4,7,14H2,1H3. The Morgan fingerprint density at radius 3 is 2.67 bits per heavy atom. The molecule has 1 aliphatic carbocycles. The number of rotatable bonds is 3. The van der Waals surface area contributed by atoms with E-state index in [2.05, 4.69) is 4.72 Å². The van der Waals surface area contributed by atoms with Gasteiger partial charge in [0.2, 0.25) is 10.0 Å². The third-order valence-corrected chi connectivity index (χ3v) is 5.02. The first-order valence-corrected chi connectivity index (χ1v) is 7.46. The largest absolute Gasteiger partial charge is 0.398 e. The number of benzene rings is 1. The average molecular weight is 272 g/mol. The van der Waals surface area contributed by atoms with Crippen molar-refractivity contribution >= 4 is 15.7 Å². The van der Waals surface area contributed by atoms with E-state index in [1.165, 1.54) is 12.1 Å². The molecule has 0 spiro atoms. The second-order valence-corrected chi connectivity index (χ2v) is 6.44. The fraction of sp³-hybridized carbons (Fsp3) is 0.500. The molecule has 0 aromatic heterocycles. The van der Waals surface area contributed by atoms with E-state index in [0.717, 1.165) is 25.3 Å². The Labute approximate surface area is 106 Å². The van der Waals surface area contributed by atoms with Gasteiger partial charge < -0.3 is 5.73 Å². The Hall–Kier alpha value is -1.14.